The molecule has 0 heteroatoms. The predicted octanol–water partition coefficient (Wildman–Crippen LogP) is 4.27. The largest absolute Gasteiger partial charge is 0.103 e. The molecule has 3 aliphatic carbocycles. The molecule has 0 amide bonds. The summed E-state index contributed by atoms with van der Waals surface area (Å²) in [5.74, 6) is 3.98. The van der Waals surface area contributed by atoms with Crippen molar-refractivity contribution >= 4 is 0 Å². The SMILES string of the molecule is C=CCC[C@@H]1C[C@@H]2C[C@H]([C@H]1C)C2(C)C. The van der Waals surface area contributed by atoms with Crippen LogP contribution in [0.15, 0.2) is 12.7 Å². The lowest BCUT2D eigenvalue weighted by molar-refractivity contribution is -0.129. The molecule has 0 nitrogen and oxygen atoms in total. The van der Waals surface area contributed by atoms with Crippen LogP contribution in [0.2, 0.25) is 0 Å². The fourth-order valence-corrected chi connectivity index (χ4v) is 3.97. The highest BCUT2D eigenvalue weighted by Gasteiger charge is 2.55. The Morgan fingerprint density at radius 3 is 2.57 bits per heavy atom. The highest BCUT2D eigenvalue weighted by molar-refractivity contribution is 5.04. The maximum absolute atomic E-state index is 3.83. The van der Waals surface area contributed by atoms with Crippen molar-refractivity contribution in [3.63, 3.8) is 0 Å². The second-order valence-corrected chi connectivity index (χ2v) is 6.08. The van der Waals surface area contributed by atoms with Crippen LogP contribution in [0, 0.1) is 29.1 Å². The molecule has 0 aromatic carbocycles. The zero-order valence-corrected chi connectivity index (χ0v) is 9.92. The van der Waals surface area contributed by atoms with Gasteiger partial charge in [0.1, 0.15) is 0 Å². The molecule has 0 N–H and O–H groups in total. The van der Waals surface area contributed by atoms with Gasteiger partial charge in [-0.25, -0.2) is 0 Å². The quantitative estimate of drug-likeness (QED) is 0.586. The molecule has 0 saturated heterocycles. The fraction of sp³-hybridized carbons (Fsp3) is 0.857. The van der Waals surface area contributed by atoms with E-state index in [1.165, 1.54) is 25.7 Å². The van der Waals surface area contributed by atoms with Crippen molar-refractivity contribution in [2.75, 3.05) is 0 Å². The van der Waals surface area contributed by atoms with E-state index in [4.69, 9.17) is 0 Å². The molecule has 80 valence electrons. The molecule has 0 unspecified atom stereocenters. The van der Waals surface area contributed by atoms with Crippen LogP contribution >= 0.6 is 0 Å². The fourth-order valence-electron chi connectivity index (χ4n) is 3.97. The highest BCUT2D eigenvalue weighted by atomic mass is 14.6. The number of hydrogen-bond donors (Lipinski definition) is 0. The van der Waals surface area contributed by atoms with Gasteiger partial charge in [-0.05, 0) is 54.8 Å². The smallest absolute Gasteiger partial charge is 0.0295 e. The number of allylic oxidation sites excluding steroid dienone is 1. The van der Waals surface area contributed by atoms with Gasteiger partial charge < -0.3 is 0 Å². The van der Waals surface area contributed by atoms with Gasteiger partial charge in [0.2, 0.25) is 0 Å². The Morgan fingerprint density at radius 2 is 2.07 bits per heavy atom. The summed E-state index contributed by atoms with van der Waals surface area (Å²) in [6.45, 7) is 11.3. The van der Waals surface area contributed by atoms with Crippen molar-refractivity contribution in [1.82, 2.24) is 0 Å². The average molecular weight is 192 g/mol. The summed E-state index contributed by atoms with van der Waals surface area (Å²) in [4.78, 5) is 0. The second-order valence-electron chi connectivity index (χ2n) is 6.08. The first-order valence-electron chi connectivity index (χ1n) is 6.18. The van der Waals surface area contributed by atoms with Gasteiger partial charge in [0.15, 0.2) is 0 Å². The molecule has 0 aromatic heterocycles. The molecule has 0 radical (unpaired) electrons. The molecule has 0 heterocycles. The summed E-state index contributed by atoms with van der Waals surface area (Å²) in [5, 5.41) is 0. The number of hydrogen-bond acceptors (Lipinski definition) is 0. The van der Waals surface area contributed by atoms with Gasteiger partial charge in [0, 0.05) is 0 Å². The van der Waals surface area contributed by atoms with Crippen LogP contribution < -0.4 is 0 Å². The van der Waals surface area contributed by atoms with Gasteiger partial charge in [-0.2, -0.15) is 0 Å². The summed E-state index contributed by atoms with van der Waals surface area (Å²) in [6.07, 6.45) is 7.68. The lowest BCUT2D eigenvalue weighted by Crippen LogP contribution is -2.54. The van der Waals surface area contributed by atoms with Crippen molar-refractivity contribution in [3.05, 3.63) is 12.7 Å². The Labute approximate surface area is 88.8 Å². The minimum absolute atomic E-state index is 0.657. The van der Waals surface area contributed by atoms with Crippen molar-refractivity contribution in [2.45, 2.75) is 46.5 Å². The molecular weight excluding hydrogens is 168 g/mol. The van der Waals surface area contributed by atoms with Gasteiger partial charge in [-0.15, -0.1) is 6.58 Å². The molecule has 2 bridgehead atoms. The van der Waals surface area contributed by atoms with Crippen molar-refractivity contribution in [1.29, 1.82) is 0 Å². The van der Waals surface area contributed by atoms with E-state index in [0.29, 0.717) is 5.41 Å². The number of fused-ring (bicyclic) bond motifs is 2. The lowest BCUT2D eigenvalue weighted by atomic mass is 9.43. The van der Waals surface area contributed by atoms with E-state index in [-0.39, 0.29) is 0 Å². The van der Waals surface area contributed by atoms with Crippen molar-refractivity contribution in [3.8, 4) is 0 Å². The van der Waals surface area contributed by atoms with Crippen LogP contribution in [0.4, 0.5) is 0 Å². The number of rotatable bonds is 3. The molecule has 4 atom stereocenters. The third-order valence-corrected chi connectivity index (χ3v) is 5.25. The predicted molar refractivity (Wildman–Crippen MR) is 62.1 cm³/mol. The van der Waals surface area contributed by atoms with Crippen LogP contribution in [0.5, 0.6) is 0 Å². The van der Waals surface area contributed by atoms with Crippen molar-refractivity contribution in [2.24, 2.45) is 29.1 Å². The Hall–Kier alpha value is -0.260. The van der Waals surface area contributed by atoms with E-state index in [0.717, 1.165) is 23.7 Å². The third-order valence-electron chi connectivity index (χ3n) is 5.25. The van der Waals surface area contributed by atoms with Crippen molar-refractivity contribution < 1.29 is 0 Å². The van der Waals surface area contributed by atoms with Gasteiger partial charge in [-0.3, -0.25) is 0 Å². The molecule has 14 heavy (non-hydrogen) atoms. The topological polar surface area (TPSA) is 0 Å². The summed E-state index contributed by atoms with van der Waals surface area (Å²) in [7, 11) is 0. The minimum Gasteiger partial charge on any atom is -0.103 e. The van der Waals surface area contributed by atoms with Crippen LogP contribution in [0.3, 0.4) is 0 Å². The first kappa shape index (κ1) is 10.3. The summed E-state index contributed by atoms with van der Waals surface area (Å²) in [5.41, 5.74) is 0.657. The highest BCUT2D eigenvalue weighted by Crippen LogP contribution is 2.63. The van der Waals surface area contributed by atoms with Gasteiger partial charge in [0.05, 0.1) is 0 Å². The third kappa shape index (κ3) is 1.34. The normalized spacial score (nSPS) is 44.2. The zero-order chi connectivity index (χ0) is 10.3. The maximum Gasteiger partial charge on any atom is -0.0295 e. The van der Waals surface area contributed by atoms with E-state index in [1.54, 1.807) is 0 Å². The monoisotopic (exact) mass is 192 g/mol. The van der Waals surface area contributed by atoms with E-state index in [9.17, 15) is 0 Å². The maximum atomic E-state index is 3.83. The Morgan fingerprint density at radius 1 is 1.36 bits per heavy atom. The lowest BCUT2D eigenvalue weighted by Gasteiger charge is -2.62. The zero-order valence-electron chi connectivity index (χ0n) is 9.92. The Bertz CT molecular complexity index is 226. The van der Waals surface area contributed by atoms with Gasteiger partial charge >= 0.3 is 0 Å². The van der Waals surface area contributed by atoms with Crippen LogP contribution in [-0.4, -0.2) is 0 Å². The van der Waals surface area contributed by atoms with E-state index >= 15 is 0 Å². The summed E-state index contributed by atoms with van der Waals surface area (Å²) in [6, 6.07) is 0. The standard InChI is InChI=1S/C14H24/c1-5-6-7-11-8-12-9-13(10(11)2)14(12,3)4/h5,10-13H,1,6-9H2,2-4H3/t10-,11+,12+,13+/m0/s1. The first-order valence-corrected chi connectivity index (χ1v) is 6.18. The Balaban J connectivity index is 1.97. The molecule has 3 saturated carbocycles. The second kappa shape index (κ2) is 3.40. The van der Waals surface area contributed by atoms with Crippen LogP contribution in [0.25, 0.3) is 0 Å². The van der Waals surface area contributed by atoms with E-state index in [1.807, 2.05) is 0 Å². The summed E-state index contributed by atoms with van der Waals surface area (Å²) >= 11 is 0. The molecule has 3 rings (SSSR count). The molecule has 0 aliphatic heterocycles. The average Bonchev–Trinajstić information content (AvgIpc) is 2.15. The molecular formula is C14H24. The van der Waals surface area contributed by atoms with E-state index in [2.05, 4.69) is 33.4 Å². The molecule has 3 aliphatic rings. The molecule has 0 aromatic rings. The first-order chi connectivity index (χ1) is 6.57. The molecule has 3 fully saturated rings. The van der Waals surface area contributed by atoms with Gasteiger partial charge in [-0.1, -0.05) is 26.8 Å². The van der Waals surface area contributed by atoms with Crippen LogP contribution in [-0.2, 0) is 0 Å². The summed E-state index contributed by atoms with van der Waals surface area (Å²) < 4.78 is 0. The Kier molecular flexibility index (Phi) is 2.49. The van der Waals surface area contributed by atoms with E-state index < -0.39 is 0 Å². The minimum atomic E-state index is 0.657. The molecule has 0 spiro atoms. The van der Waals surface area contributed by atoms with Crippen LogP contribution in [0.1, 0.15) is 46.5 Å². The van der Waals surface area contributed by atoms with Gasteiger partial charge in [0.25, 0.3) is 0 Å².